The van der Waals surface area contributed by atoms with Gasteiger partial charge in [-0.25, -0.2) is 14.7 Å². The number of nitrogens with zero attached hydrogens (tertiary/aromatic N) is 5. The maximum atomic E-state index is 13.3. The van der Waals surface area contributed by atoms with Crippen molar-refractivity contribution in [3.63, 3.8) is 0 Å². The third-order valence-corrected chi connectivity index (χ3v) is 6.94. The highest BCUT2D eigenvalue weighted by atomic mass is 16.6. The maximum Gasteiger partial charge on any atom is 0.420 e. The predicted molar refractivity (Wildman–Crippen MR) is 162 cm³/mol. The van der Waals surface area contributed by atoms with Crippen LogP contribution in [0.25, 0.3) is 0 Å². The van der Waals surface area contributed by atoms with Gasteiger partial charge in [0, 0.05) is 36.9 Å². The molecule has 0 saturated carbocycles. The van der Waals surface area contributed by atoms with E-state index in [0.29, 0.717) is 29.8 Å². The second-order valence-corrected chi connectivity index (χ2v) is 9.94. The quantitative estimate of drug-likeness (QED) is 0.196. The summed E-state index contributed by atoms with van der Waals surface area (Å²) in [4.78, 5) is 30.2. The van der Waals surface area contributed by atoms with E-state index in [4.69, 9.17) is 14.2 Å². The van der Waals surface area contributed by atoms with Gasteiger partial charge in [0.1, 0.15) is 23.9 Å². The van der Waals surface area contributed by atoms with E-state index in [1.807, 2.05) is 24.3 Å². The summed E-state index contributed by atoms with van der Waals surface area (Å²) in [6, 6.07) is 20.0. The Morgan fingerprint density at radius 3 is 2.38 bits per heavy atom. The first-order valence-corrected chi connectivity index (χ1v) is 14.2. The van der Waals surface area contributed by atoms with E-state index in [9.17, 15) is 4.79 Å². The molecule has 10 nitrogen and oxygen atoms in total. The summed E-state index contributed by atoms with van der Waals surface area (Å²) in [7, 11) is 1.59. The summed E-state index contributed by atoms with van der Waals surface area (Å²) in [5.74, 6) is 2.18. The Kier molecular flexibility index (Phi) is 10.1. The van der Waals surface area contributed by atoms with Crippen molar-refractivity contribution in [2.45, 2.75) is 32.3 Å². The Balaban J connectivity index is 1.23. The molecule has 1 N–H and O–H groups in total. The molecule has 2 aromatic carbocycles. The number of carbonyl (C=O) groups is 1. The lowest BCUT2D eigenvalue weighted by molar-refractivity contribution is 0.150. The van der Waals surface area contributed by atoms with Gasteiger partial charge in [0.2, 0.25) is 5.95 Å². The number of nitrogens with one attached hydrogen (secondary N) is 1. The molecule has 42 heavy (non-hydrogen) atoms. The minimum Gasteiger partial charge on any atom is -0.497 e. The monoisotopic (exact) mass is 568 g/mol. The number of likely N-dealkylation sites (tertiary alicyclic amines) is 1. The minimum atomic E-state index is -0.580. The number of ether oxygens (including phenoxy) is 3. The van der Waals surface area contributed by atoms with E-state index in [1.54, 1.807) is 68.2 Å². The molecule has 0 unspecified atom stereocenters. The first-order chi connectivity index (χ1) is 20.7. The van der Waals surface area contributed by atoms with E-state index in [0.717, 1.165) is 30.0 Å². The lowest BCUT2D eigenvalue weighted by atomic mass is 10.1. The van der Waals surface area contributed by atoms with Gasteiger partial charge < -0.3 is 24.4 Å². The van der Waals surface area contributed by atoms with Crippen LogP contribution in [0.3, 0.4) is 0 Å². The summed E-state index contributed by atoms with van der Waals surface area (Å²) in [5.41, 5.74) is 2.19. The average Bonchev–Trinajstić information content (AvgIpc) is 3.04. The number of piperidine rings is 1. The minimum absolute atomic E-state index is 0.0941. The molecule has 3 heterocycles. The largest absolute Gasteiger partial charge is 0.497 e. The smallest absolute Gasteiger partial charge is 0.420 e. The Hall–Kier alpha value is -4.70. The van der Waals surface area contributed by atoms with Crippen molar-refractivity contribution in [3.05, 3.63) is 90.9 Å². The fourth-order valence-electron chi connectivity index (χ4n) is 4.71. The van der Waals surface area contributed by atoms with Crippen molar-refractivity contribution in [1.29, 1.82) is 0 Å². The molecule has 218 valence electrons. The topological polar surface area (TPSA) is 102 Å². The average molecular weight is 569 g/mol. The zero-order valence-electron chi connectivity index (χ0n) is 23.8. The molecule has 0 aliphatic carbocycles. The van der Waals surface area contributed by atoms with E-state index >= 15 is 0 Å². The van der Waals surface area contributed by atoms with Crippen molar-refractivity contribution in [2.24, 2.45) is 0 Å². The van der Waals surface area contributed by atoms with Gasteiger partial charge in [-0.15, -0.1) is 0 Å². The molecule has 2 aromatic heterocycles. The van der Waals surface area contributed by atoms with Crippen molar-refractivity contribution < 1.29 is 19.0 Å². The van der Waals surface area contributed by atoms with E-state index in [2.05, 4.69) is 25.2 Å². The van der Waals surface area contributed by atoms with Crippen LogP contribution in [0.15, 0.2) is 85.3 Å². The van der Waals surface area contributed by atoms with Crippen LogP contribution in [0.1, 0.15) is 31.2 Å². The number of rotatable bonds is 12. The third kappa shape index (κ3) is 8.17. The number of benzene rings is 2. The first-order valence-electron chi connectivity index (χ1n) is 14.2. The molecule has 1 amide bonds. The van der Waals surface area contributed by atoms with Crippen molar-refractivity contribution >= 4 is 29.2 Å². The number of carbonyl (C=O) groups excluding carboxylic acids is 1. The summed E-state index contributed by atoms with van der Waals surface area (Å²) < 4.78 is 16.9. The predicted octanol–water partition coefficient (Wildman–Crippen LogP) is 6.35. The molecule has 1 fully saturated rings. The number of aromatic nitrogens is 3. The van der Waals surface area contributed by atoms with Crippen molar-refractivity contribution in [2.75, 3.05) is 43.6 Å². The maximum absolute atomic E-state index is 13.3. The molecule has 0 spiro atoms. The normalized spacial score (nSPS) is 13.3. The van der Waals surface area contributed by atoms with Crippen LogP contribution in [-0.2, 0) is 11.3 Å². The molecular weight excluding hydrogens is 532 g/mol. The van der Waals surface area contributed by atoms with E-state index < -0.39 is 6.09 Å². The van der Waals surface area contributed by atoms with Crippen molar-refractivity contribution in [3.8, 4) is 11.5 Å². The van der Waals surface area contributed by atoms with E-state index in [-0.39, 0.29) is 6.61 Å². The van der Waals surface area contributed by atoms with Crippen LogP contribution < -0.4 is 19.7 Å². The lowest BCUT2D eigenvalue weighted by Gasteiger charge is -2.26. The van der Waals surface area contributed by atoms with Crippen LogP contribution in [0.5, 0.6) is 11.5 Å². The fourth-order valence-corrected chi connectivity index (χ4v) is 4.71. The zero-order chi connectivity index (χ0) is 29.0. The van der Waals surface area contributed by atoms with Gasteiger partial charge in [0.25, 0.3) is 0 Å². The third-order valence-electron chi connectivity index (χ3n) is 6.94. The number of hydrogen-bond acceptors (Lipinski definition) is 9. The van der Waals surface area contributed by atoms with Crippen molar-refractivity contribution in [1.82, 2.24) is 19.9 Å². The highest BCUT2D eigenvalue weighted by Gasteiger charge is 2.22. The summed E-state index contributed by atoms with van der Waals surface area (Å²) in [6.45, 7) is 4.27. The molecule has 1 aliphatic rings. The molecule has 5 rings (SSSR count). The molecule has 0 radical (unpaired) electrons. The Labute approximate surface area is 246 Å². The van der Waals surface area contributed by atoms with Gasteiger partial charge in [-0.05, 0) is 98.6 Å². The number of amides is 1. The van der Waals surface area contributed by atoms with Crippen LogP contribution in [0.2, 0.25) is 0 Å². The molecule has 1 saturated heterocycles. The molecule has 0 bridgehead atoms. The van der Waals surface area contributed by atoms with Crippen LogP contribution in [0, 0.1) is 0 Å². The van der Waals surface area contributed by atoms with E-state index in [1.165, 1.54) is 37.3 Å². The summed E-state index contributed by atoms with van der Waals surface area (Å²) >= 11 is 0. The highest BCUT2D eigenvalue weighted by Crippen LogP contribution is 2.28. The molecule has 10 heteroatoms. The molecular formula is C32H36N6O4. The summed E-state index contributed by atoms with van der Waals surface area (Å²) in [5, 5.41) is 3.21. The number of methoxy groups -OCH3 is 1. The molecule has 4 aromatic rings. The Bertz CT molecular complexity index is 1400. The summed E-state index contributed by atoms with van der Waals surface area (Å²) in [6.07, 6.45) is 9.29. The standard InChI is InChI=1S/C32H36N6O4/c1-40-28-12-8-27(9-13-28)38(32(39)42-24-25-14-17-33-18-15-25)30-16-19-34-31(36-30)35-26-6-10-29(11-7-26)41-23-5-22-37-20-3-2-4-21-37/h6-19H,2-5,20-24H2,1H3,(H,34,35,36). The van der Waals surface area contributed by atoms with Gasteiger partial charge in [0.15, 0.2) is 0 Å². The fraction of sp³-hybridized carbons (Fsp3) is 0.312. The Morgan fingerprint density at radius 2 is 1.64 bits per heavy atom. The first kappa shape index (κ1) is 28.8. The van der Waals surface area contributed by atoms with Gasteiger partial charge in [-0.2, -0.15) is 4.98 Å². The number of pyridine rings is 1. The Morgan fingerprint density at radius 1 is 0.905 bits per heavy atom. The zero-order valence-corrected chi connectivity index (χ0v) is 23.8. The second-order valence-electron chi connectivity index (χ2n) is 9.94. The van der Waals surface area contributed by atoms with Gasteiger partial charge in [-0.1, -0.05) is 6.42 Å². The van der Waals surface area contributed by atoms with Gasteiger partial charge >= 0.3 is 6.09 Å². The van der Waals surface area contributed by atoms with Gasteiger partial charge in [-0.3, -0.25) is 4.98 Å². The molecule has 0 atom stereocenters. The second kappa shape index (κ2) is 14.8. The van der Waals surface area contributed by atoms with Crippen LogP contribution >= 0.6 is 0 Å². The number of hydrogen-bond donors (Lipinski definition) is 1. The van der Waals surface area contributed by atoms with Crippen LogP contribution in [0.4, 0.5) is 27.9 Å². The van der Waals surface area contributed by atoms with Crippen LogP contribution in [-0.4, -0.2) is 59.3 Å². The lowest BCUT2D eigenvalue weighted by Crippen LogP contribution is -2.31. The highest BCUT2D eigenvalue weighted by molar-refractivity contribution is 5.95. The molecule has 1 aliphatic heterocycles. The SMILES string of the molecule is COc1ccc(N(C(=O)OCc2ccncc2)c2ccnc(Nc3ccc(OCCCN4CCCCC4)cc3)n2)cc1. The number of anilines is 4. The van der Waals surface area contributed by atoms with Gasteiger partial charge in [0.05, 0.1) is 19.4 Å².